The molecule has 0 radical (unpaired) electrons. The van der Waals surface area contributed by atoms with E-state index in [4.69, 9.17) is 10.00 Å². The number of hydrogen-bond acceptors (Lipinski definition) is 5. The molecule has 1 heterocycles. The summed E-state index contributed by atoms with van der Waals surface area (Å²) in [5.74, 6) is -0.116. The van der Waals surface area contributed by atoms with Crippen LogP contribution in [0.5, 0.6) is 5.75 Å². The van der Waals surface area contributed by atoms with E-state index in [9.17, 15) is 18.3 Å². The van der Waals surface area contributed by atoms with Gasteiger partial charge in [0.2, 0.25) is 0 Å². The zero-order valence-corrected chi connectivity index (χ0v) is 11.6. The van der Waals surface area contributed by atoms with Gasteiger partial charge in [-0.1, -0.05) is 0 Å². The average Bonchev–Trinajstić information content (AvgIpc) is 2.44. The summed E-state index contributed by atoms with van der Waals surface area (Å²) < 4.78 is 46.1. The lowest BCUT2D eigenvalue weighted by molar-refractivity contribution is -0.153. The highest BCUT2D eigenvalue weighted by Crippen LogP contribution is 2.29. The zero-order chi connectivity index (χ0) is 16.2. The van der Waals surface area contributed by atoms with E-state index in [-0.39, 0.29) is 23.3 Å². The summed E-state index contributed by atoms with van der Waals surface area (Å²) in [7, 11) is 0. The molecule has 8 heteroatoms. The number of nitrogens with zero attached hydrogens (tertiary/aromatic N) is 1. The van der Waals surface area contributed by atoms with E-state index in [1.807, 2.05) is 0 Å². The van der Waals surface area contributed by atoms with E-state index in [0.717, 1.165) is 0 Å². The van der Waals surface area contributed by atoms with E-state index >= 15 is 0 Å². The second-order valence-electron chi connectivity index (χ2n) is 5.23. The van der Waals surface area contributed by atoms with Gasteiger partial charge in [0.15, 0.2) is 6.61 Å². The number of hydrogen-bond donors (Lipinski definition) is 2. The number of nitrogens with one attached hydrogen (secondary N) is 1. The second kappa shape index (κ2) is 6.42. The van der Waals surface area contributed by atoms with Crippen LogP contribution in [0, 0.1) is 16.7 Å². The maximum atomic E-state index is 12.1. The van der Waals surface area contributed by atoms with E-state index in [1.54, 1.807) is 6.07 Å². The fourth-order valence-corrected chi connectivity index (χ4v) is 1.94. The van der Waals surface area contributed by atoms with Gasteiger partial charge in [-0.3, -0.25) is 0 Å². The lowest BCUT2D eigenvalue weighted by Gasteiger charge is -2.40. The summed E-state index contributed by atoms with van der Waals surface area (Å²) in [4.78, 5) is 0. The van der Waals surface area contributed by atoms with Gasteiger partial charge in [0.05, 0.1) is 30.8 Å². The van der Waals surface area contributed by atoms with Gasteiger partial charge < -0.3 is 19.9 Å². The molecule has 120 valence electrons. The van der Waals surface area contributed by atoms with Crippen LogP contribution in [0.25, 0.3) is 0 Å². The van der Waals surface area contributed by atoms with Crippen molar-refractivity contribution in [2.24, 2.45) is 5.41 Å². The second-order valence-corrected chi connectivity index (χ2v) is 5.23. The van der Waals surface area contributed by atoms with Crippen molar-refractivity contribution in [1.82, 2.24) is 0 Å². The summed E-state index contributed by atoms with van der Waals surface area (Å²) in [6, 6.07) is 6.06. The first kappa shape index (κ1) is 16.4. The number of rotatable bonds is 6. The minimum absolute atomic E-state index is 0.0113. The van der Waals surface area contributed by atoms with Crippen LogP contribution in [0.3, 0.4) is 0 Å². The molecule has 1 saturated heterocycles. The zero-order valence-electron chi connectivity index (χ0n) is 11.6. The molecule has 1 aromatic carbocycles. The number of halogens is 3. The fraction of sp³-hybridized carbons (Fsp3) is 0.500. The van der Waals surface area contributed by atoms with Crippen molar-refractivity contribution in [3.63, 3.8) is 0 Å². The van der Waals surface area contributed by atoms with Crippen molar-refractivity contribution in [2.45, 2.75) is 6.18 Å². The van der Waals surface area contributed by atoms with Gasteiger partial charge in [0, 0.05) is 12.2 Å². The minimum atomic E-state index is -4.46. The molecule has 22 heavy (non-hydrogen) atoms. The lowest BCUT2D eigenvalue weighted by atomic mass is 9.87. The number of ether oxygens (including phenoxy) is 2. The minimum Gasteiger partial charge on any atom is -0.483 e. The molecule has 0 unspecified atom stereocenters. The summed E-state index contributed by atoms with van der Waals surface area (Å²) in [5, 5.41) is 21.4. The maximum absolute atomic E-state index is 12.1. The molecular formula is C14H15F3N2O3. The van der Waals surface area contributed by atoms with Crippen molar-refractivity contribution in [3.05, 3.63) is 23.8 Å². The first-order valence-electron chi connectivity index (χ1n) is 6.54. The lowest BCUT2D eigenvalue weighted by Crippen LogP contribution is -2.50. The van der Waals surface area contributed by atoms with Crippen LogP contribution < -0.4 is 10.1 Å². The number of nitriles is 1. The molecule has 1 fully saturated rings. The number of aliphatic hydroxyl groups excluding tert-OH is 1. The first-order valence-corrected chi connectivity index (χ1v) is 6.54. The van der Waals surface area contributed by atoms with Crippen LogP contribution in [0.1, 0.15) is 5.56 Å². The van der Waals surface area contributed by atoms with Gasteiger partial charge in [0.25, 0.3) is 0 Å². The molecule has 1 aliphatic heterocycles. The Labute approximate surface area is 125 Å². The van der Waals surface area contributed by atoms with Crippen molar-refractivity contribution < 1.29 is 27.8 Å². The predicted molar refractivity (Wildman–Crippen MR) is 71.5 cm³/mol. The standard InChI is InChI=1S/C14H15F3N2O3/c15-14(16,17)9-22-12-2-1-11(3-10(12)4-18)19-5-13(6-20)7-21-8-13/h1-3,19-20H,5-9H2. The molecular weight excluding hydrogens is 301 g/mol. The summed E-state index contributed by atoms with van der Waals surface area (Å²) >= 11 is 0. The first-order chi connectivity index (χ1) is 10.4. The molecule has 2 N–H and O–H groups in total. The van der Waals surface area contributed by atoms with Crippen LogP contribution in [-0.4, -0.2) is 44.3 Å². The molecule has 0 aromatic heterocycles. The van der Waals surface area contributed by atoms with Gasteiger partial charge in [-0.2, -0.15) is 18.4 Å². The molecule has 1 aromatic rings. The van der Waals surface area contributed by atoms with Gasteiger partial charge >= 0.3 is 6.18 Å². The molecule has 0 spiro atoms. The van der Waals surface area contributed by atoms with E-state index in [0.29, 0.717) is 25.4 Å². The van der Waals surface area contributed by atoms with Crippen molar-refractivity contribution in [3.8, 4) is 11.8 Å². The topological polar surface area (TPSA) is 74.5 Å². The fourth-order valence-electron chi connectivity index (χ4n) is 1.94. The smallest absolute Gasteiger partial charge is 0.422 e. The number of benzene rings is 1. The third kappa shape index (κ3) is 4.02. The van der Waals surface area contributed by atoms with Gasteiger partial charge in [-0.15, -0.1) is 0 Å². The molecule has 2 rings (SSSR count). The highest BCUT2D eigenvalue weighted by molar-refractivity contribution is 5.55. The molecule has 5 nitrogen and oxygen atoms in total. The van der Waals surface area contributed by atoms with Crippen LogP contribution in [0.2, 0.25) is 0 Å². The number of aliphatic hydroxyl groups is 1. The molecule has 0 aliphatic carbocycles. The average molecular weight is 316 g/mol. The van der Waals surface area contributed by atoms with E-state index < -0.39 is 12.8 Å². The van der Waals surface area contributed by atoms with Gasteiger partial charge in [0.1, 0.15) is 11.8 Å². The molecule has 0 atom stereocenters. The van der Waals surface area contributed by atoms with Gasteiger partial charge in [-0.05, 0) is 18.2 Å². The Morgan fingerprint density at radius 2 is 2.14 bits per heavy atom. The highest BCUT2D eigenvalue weighted by atomic mass is 19.4. The van der Waals surface area contributed by atoms with Gasteiger partial charge in [-0.25, -0.2) is 0 Å². The summed E-state index contributed by atoms with van der Waals surface area (Å²) in [6.07, 6.45) is -4.46. The van der Waals surface area contributed by atoms with Crippen LogP contribution in [0.4, 0.5) is 18.9 Å². The predicted octanol–water partition coefficient (Wildman–Crippen LogP) is 1.92. The number of anilines is 1. The Bertz CT molecular complexity index is 560. The molecule has 0 amide bonds. The Kier molecular flexibility index (Phi) is 4.78. The number of alkyl halides is 3. The third-order valence-electron chi connectivity index (χ3n) is 3.31. The van der Waals surface area contributed by atoms with E-state index in [2.05, 4.69) is 10.1 Å². The normalized spacial score (nSPS) is 16.5. The van der Waals surface area contributed by atoms with Crippen LogP contribution >= 0.6 is 0 Å². The summed E-state index contributed by atoms with van der Waals surface area (Å²) in [5.41, 5.74) is 0.228. The largest absolute Gasteiger partial charge is 0.483 e. The Morgan fingerprint density at radius 3 is 2.64 bits per heavy atom. The van der Waals surface area contributed by atoms with E-state index in [1.165, 1.54) is 18.2 Å². The Hall–Kier alpha value is -1.98. The Morgan fingerprint density at radius 1 is 1.41 bits per heavy atom. The maximum Gasteiger partial charge on any atom is 0.422 e. The monoisotopic (exact) mass is 316 g/mol. The molecule has 0 saturated carbocycles. The van der Waals surface area contributed by atoms with Crippen molar-refractivity contribution in [2.75, 3.05) is 38.3 Å². The quantitative estimate of drug-likeness (QED) is 0.839. The van der Waals surface area contributed by atoms with Crippen LogP contribution in [-0.2, 0) is 4.74 Å². The Balaban J connectivity index is 2.01. The third-order valence-corrected chi connectivity index (χ3v) is 3.31. The SMILES string of the molecule is N#Cc1cc(NCC2(CO)COC2)ccc1OCC(F)(F)F. The molecule has 1 aliphatic rings. The molecule has 0 bridgehead atoms. The van der Waals surface area contributed by atoms with Crippen molar-refractivity contribution >= 4 is 5.69 Å². The van der Waals surface area contributed by atoms with Crippen molar-refractivity contribution in [1.29, 1.82) is 5.26 Å². The summed E-state index contributed by atoms with van der Waals surface area (Å²) in [6.45, 7) is -0.156. The van der Waals surface area contributed by atoms with Crippen LogP contribution in [0.15, 0.2) is 18.2 Å². The highest BCUT2D eigenvalue weighted by Gasteiger charge is 2.37.